The predicted octanol–water partition coefficient (Wildman–Crippen LogP) is 6.41. The number of likely N-dealkylation sites (tertiary alicyclic amines) is 1. The van der Waals surface area contributed by atoms with Gasteiger partial charge in [-0.1, -0.05) is 12.1 Å². The minimum atomic E-state index is -4.92. The highest BCUT2D eigenvalue weighted by Crippen LogP contribution is 2.41. The number of pyridine rings is 1. The third kappa shape index (κ3) is 5.69. The molecule has 0 bridgehead atoms. The molecule has 6 rings (SSSR count). The van der Waals surface area contributed by atoms with Gasteiger partial charge in [-0.05, 0) is 92.9 Å². The van der Waals surface area contributed by atoms with E-state index in [1.165, 1.54) is 38.1 Å². The number of phenols is 1. The Morgan fingerprint density at radius 1 is 0.974 bits per heavy atom. The van der Waals surface area contributed by atoms with Gasteiger partial charge in [-0.25, -0.2) is 0 Å². The van der Waals surface area contributed by atoms with E-state index in [1.54, 1.807) is 18.3 Å². The molecule has 3 aromatic rings. The van der Waals surface area contributed by atoms with E-state index in [4.69, 9.17) is 0 Å². The van der Waals surface area contributed by atoms with E-state index in [2.05, 4.69) is 19.5 Å². The van der Waals surface area contributed by atoms with Crippen molar-refractivity contribution in [2.75, 3.05) is 37.6 Å². The molecule has 1 saturated carbocycles. The number of aromatic nitrogens is 1. The van der Waals surface area contributed by atoms with Crippen LogP contribution in [0.2, 0.25) is 0 Å². The van der Waals surface area contributed by atoms with Crippen LogP contribution in [0.3, 0.4) is 0 Å². The van der Waals surface area contributed by atoms with Crippen LogP contribution in [0.4, 0.5) is 18.9 Å². The average Bonchev–Trinajstić information content (AvgIpc) is 3.65. The number of halogens is 3. The minimum absolute atomic E-state index is 0.0399. The van der Waals surface area contributed by atoms with E-state index in [0.717, 1.165) is 61.9 Å². The summed E-state index contributed by atoms with van der Waals surface area (Å²) in [6.07, 6.45) is 3.22. The fourth-order valence-corrected chi connectivity index (χ4v) is 6.01. The van der Waals surface area contributed by atoms with Crippen LogP contribution in [-0.2, 0) is 0 Å². The van der Waals surface area contributed by atoms with E-state index in [1.807, 2.05) is 12.1 Å². The molecular formula is C30H32F3N3O3. The van der Waals surface area contributed by atoms with Crippen LogP contribution in [0.1, 0.15) is 48.9 Å². The largest absolute Gasteiger partial charge is 0.573 e. The standard InChI is InChI=1S/C30H32F3N3O3/c31-30(32,33)39-27-16-22(6-8-26(27)37)21-5-7-25-23(15-21)28(24(17-34-25)29(38)20-3-4-20)36-13-9-19(10-14-36)18-35-11-1-2-12-35/h5-8,15-17,19-20,37H,1-4,9-14,18H2. The molecule has 3 fully saturated rings. The first-order valence-electron chi connectivity index (χ1n) is 13.8. The van der Waals surface area contributed by atoms with Gasteiger partial charge in [0.15, 0.2) is 17.3 Å². The van der Waals surface area contributed by atoms with Crippen LogP contribution in [-0.4, -0.2) is 59.9 Å². The number of benzene rings is 2. The number of ether oxygens (including phenoxy) is 1. The number of piperidine rings is 1. The zero-order chi connectivity index (χ0) is 27.1. The van der Waals surface area contributed by atoms with Crippen molar-refractivity contribution in [2.45, 2.75) is 44.9 Å². The van der Waals surface area contributed by atoms with Gasteiger partial charge in [-0.2, -0.15) is 0 Å². The Bertz CT molecular complexity index is 1380. The zero-order valence-electron chi connectivity index (χ0n) is 21.7. The summed E-state index contributed by atoms with van der Waals surface area (Å²) in [5.74, 6) is -0.452. The number of hydrogen-bond acceptors (Lipinski definition) is 6. The lowest BCUT2D eigenvalue weighted by molar-refractivity contribution is -0.275. The van der Waals surface area contributed by atoms with E-state index in [0.29, 0.717) is 22.6 Å². The smallest absolute Gasteiger partial charge is 0.504 e. The van der Waals surface area contributed by atoms with Crippen molar-refractivity contribution in [3.8, 4) is 22.6 Å². The van der Waals surface area contributed by atoms with Crippen LogP contribution < -0.4 is 9.64 Å². The molecule has 9 heteroatoms. The zero-order valence-corrected chi connectivity index (χ0v) is 21.7. The Kier molecular flexibility index (Phi) is 6.87. The Morgan fingerprint density at radius 3 is 2.36 bits per heavy atom. The molecule has 0 atom stereocenters. The summed E-state index contributed by atoms with van der Waals surface area (Å²) in [7, 11) is 0. The highest BCUT2D eigenvalue weighted by Gasteiger charge is 2.35. The molecule has 0 unspecified atom stereocenters. The van der Waals surface area contributed by atoms with Gasteiger partial charge in [0.25, 0.3) is 0 Å². The maximum Gasteiger partial charge on any atom is 0.573 e. The van der Waals surface area contributed by atoms with Crippen molar-refractivity contribution in [3.63, 3.8) is 0 Å². The van der Waals surface area contributed by atoms with E-state index in [-0.39, 0.29) is 11.7 Å². The quantitative estimate of drug-likeness (QED) is 0.350. The van der Waals surface area contributed by atoms with Gasteiger partial charge in [0.1, 0.15) is 0 Å². The lowest BCUT2D eigenvalue weighted by Crippen LogP contribution is -2.39. The average molecular weight is 540 g/mol. The summed E-state index contributed by atoms with van der Waals surface area (Å²) >= 11 is 0. The van der Waals surface area contributed by atoms with Crippen molar-refractivity contribution in [1.29, 1.82) is 0 Å². The first-order chi connectivity index (χ1) is 18.7. The number of fused-ring (bicyclic) bond motifs is 1. The highest BCUT2D eigenvalue weighted by atomic mass is 19.4. The number of carbonyl (C=O) groups is 1. The summed E-state index contributed by atoms with van der Waals surface area (Å²) in [4.78, 5) is 22.8. The molecule has 0 radical (unpaired) electrons. The second kappa shape index (κ2) is 10.3. The summed E-state index contributed by atoms with van der Waals surface area (Å²) in [5, 5.41) is 10.7. The summed E-state index contributed by atoms with van der Waals surface area (Å²) in [5.41, 5.74) is 3.35. The summed E-state index contributed by atoms with van der Waals surface area (Å²) in [6.45, 7) is 5.19. The number of carbonyl (C=O) groups excluding carboxylic acids is 1. The maximum atomic E-state index is 13.4. The molecule has 2 aliphatic heterocycles. The number of phenolic OH excluding ortho intramolecular Hbond substituents is 1. The van der Waals surface area contributed by atoms with E-state index in [9.17, 15) is 23.1 Å². The number of anilines is 1. The van der Waals surface area contributed by atoms with Crippen molar-refractivity contribution < 1.29 is 27.8 Å². The van der Waals surface area contributed by atoms with Gasteiger partial charge in [0, 0.05) is 37.1 Å². The first-order valence-corrected chi connectivity index (χ1v) is 13.8. The molecule has 3 aliphatic rings. The number of ketones is 1. The van der Waals surface area contributed by atoms with E-state index < -0.39 is 17.9 Å². The third-order valence-electron chi connectivity index (χ3n) is 8.22. The fraction of sp³-hybridized carbons (Fsp3) is 0.467. The lowest BCUT2D eigenvalue weighted by Gasteiger charge is -2.36. The normalized spacial score (nSPS) is 19.1. The Balaban J connectivity index is 1.35. The van der Waals surface area contributed by atoms with Gasteiger partial charge >= 0.3 is 6.36 Å². The summed E-state index contributed by atoms with van der Waals surface area (Å²) < 4.78 is 42.6. The first kappa shape index (κ1) is 25.9. The number of alkyl halides is 3. The molecule has 6 nitrogen and oxygen atoms in total. The third-order valence-corrected chi connectivity index (χ3v) is 8.22. The molecule has 1 N–H and O–H groups in total. The van der Waals surface area contributed by atoms with Crippen molar-refractivity contribution in [1.82, 2.24) is 9.88 Å². The molecule has 0 amide bonds. The molecule has 0 spiro atoms. The number of nitrogens with zero attached hydrogens (tertiary/aromatic N) is 3. The van der Waals surface area contributed by atoms with Crippen LogP contribution in [0, 0.1) is 11.8 Å². The monoisotopic (exact) mass is 539 g/mol. The highest BCUT2D eigenvalue weighted by molar-refractivity contribution is 6.10. The topological polar surface area (TPSA) is 65.9 Å². The maximum absolute atomic E-state index is 13.4. The van der Waals surface area contributed by atoms with Gasteiger partial charge in [-0.3, -0.25) is 9.78 Å². The summed E-state index contributed by atoms with van der Waals surface area (Å²) in [6, 6.07) is 9.43. The predicted molar refractivity (Wildman–Crippen MR) is 143 cm³/mol. The van der Waals surface area contributed by atoms with Crippen molar-refractivity contribution in [3.05, 3.63) is 48.2 Å². The SMILES string of the molecule is O=C(c1cnc2ccc(-c3ccc(O)c(OC(F)(F)F)c3)cc2c1N1CCC(CN2CCCC2)CC1)C1CC1. The number of aromatic hydroxyl groups is 1. The number of hydrogen-bond donors (Lipinski definition) is 1. The van der Waals surface area contributed by atoms with Crippen molar-refractivity contribution in [2.24, 2.45) is 11.8 Å². The number of Topliss-reactive ketones (excluding diaryl/α,β-unsaturated/α-hetero) is 1. The molecule has 1 aromatic heterocycles. The Labute approximate surface area is 225 Å². The number of rotatable bonds is 7. The second-order valence-electron chi connectivity index (χ2n) is 11.1. The molecule has 2 aromatic carbocycles. The van der Waals surface area contributed by atoms with Gasteiger partial charge in [0.05, 0.1) is 16.8 Å². The molecule has 2 saturated heterocycles. The fourth-order valence-electron chi connectivity index (χ4n) is 6.01. The Hall–Kier alpha value is -3.33. The second-order valence-corrected chi connectivity index (χ2v) is 11.1. The van der Waals surface area contributed by atoms with Crippen LogP contribution in [0.5, 0.6) is 11.5 Å². The molecule has 206 valence electrons. The molecule has 1 aliphatic carbocycles. The lowest BCUT2D eigenvalue weighted by atomic mass is 9.93. The van der Waals surface area contributed by atoms with Gasteiger partial charge in [0.2, 0.25) is 0 Å². The van der Waals surface area contributed by atoms with Gasteiger partial charge in [-0.15, -0.1) is 13.2 Å². The Morgan fingerprint density at radius 2 is 1.67 bits per heavy atom. The van der Waals surface area contributed by atoms with E-state index >= 15 is 0 Å². The molecule has 39 heavy (non-hydrogen) atoms. The van der Waals surface area contributed by atoms with Crippen molar-refractivity contribution >= 4 is 22.4 Å². The van der Waals surface area contributed by atoms with Gasteiger partial charge < -0.3 is 19.6 Å². The van der Waals surface area contributed by atoms with Crippen LogP contribution in [0.15, 0.2) is 42.6 Å². The minimum Gasteiger partial charge on any atom is -0.504 e. The molecular weight excluding hydrogens is 507 g/mol. The van der Waals surface area contributed by atoms with Crippen LogP contribution in [0.25, 0.3) is 22.0 Å². The van der Waals surface area contributed by atoms with Crippen LogP contribution >= 0.6 is 0 Å². The molecule has 3 heterocycles.